The molecule has 1 aromatic rings. The van der Waals surface area contributed by atoms with Crippen molar-refractivity contribution in [2.45, 2.75) is 27.2 Å². The van der Waals surface area contributed by atoms with Gasteiger partial charge in [-0.05, 0) is 26.2 Å². The minimum atomic E-state index is 0.214. The van der Waals surface area contributed by atoms with Crippen molar-refractivity contribution in [1.29, 1.82) is 0 Å². The SMILES string of the molecule is Cc1nc(Cl)c(C)c(NCC(C)CCO)n1. The summed E-state index contributed by atoms with van der Waals surface area (Å²) < 4.78 is 0. The minimum Gasteiger partial charge on any atom is -0.396 e. The molecule has 0 aliphatic carbocycles. The van der Waals surface area contributed by atoms with E-state index in [1.54, 1.807) is 0 Å². The van der Waals surface area contributed by atoms with Crippen molar-refractivity contribution >= 4 is 17.4 Å². The van der Waals surface area contributed by atoms with E-state index in [1.807, 2.05) is 13.8 Å². The first-order valence-corrected chi connectivity index (χ1v) is 5.78. The standard InChI is InChI=1S/C11H18ClN3O/c1-7(4-5-16)6-13-11-8(2)10(12)14-9(3)15-11/h7,16H,4-6H2,1-3H3,(H,13,14,15). The van der Waals surface area contributed by atoms with Crippen molar-refractivity contribution in [1.82, 2.24) is 9.97 Å². The van der Waals surface area contributed by atoms with Gasteiger partial charge in [-0.25, -0.2) is 9.97 Å². The Morgan fingerprint density at radius 3 is 2.69 bits per heavy atom. The molecule has 1 heterocycles. The first-order chi connectivity index (χ1) is 7.54. The third kappa shape index (κ3) is 3.61. The number of anilines is 1. The van der Waals surface area contributed by atoms with Crippen LogP contribution in [-0.4, -0.2) is 28.2 Å². The summed E-state index contributed by atoms with van der Waals surface area (Å²) in [4.78, 5) is 8.37. The fourth-order valence-corrected chi connectivity index (χ4v) is 1.57. The Labute approximate surface area is 101 Å². The van der Waals surface area contributed by atoms with Gasteiger partial charge in [-0.2, -0.15) is 0 Å². The Balaban J connectivity index is 2.66. The molecular formula is C11H18ClN3O. The normalized spacial score (nSPS) is 12.6. The fraction of sp³-hybridized carbons (Fsp3) is 0.636. The molecule has 1 atom stereocenters. The van der Waals surface area contributed by atoms with E-state index < -0.39 is 0 Å². The Morgan fingerprint density at radius 2 is 2.06 bits per heavy atom. The lowest BCUT2D eigenvalue weighted by atomic mass is 10.1. The highest BCUT2D eigenvalue weighted by Crippen LogP contribution is 2.19. The molecule has 5 heteroatoms. The van der Waals surface area contributed by atoms with Crippen LogP contribution in [0.5, 0.6) is 0 Å². The lowest BCUT2D eigenvalue weighted by molar-refractivity contribution is 0.266. The lowest BCUT2D eigenvalue weighted by Crippen LogP contribution is -2.15. The maximum atomic E-state index is 8.80. The number of nitrogens with one attached hydrogen (secondary N) is 1. The van der Waals surface area contributed by atoms with Gasteiger partial charge < -0.3 is 10.4 Å². The van der Waals surface area contributed by atoms with Crippen molar-refractivity contribution in [3.05, 3.63) is 16.5 Å². The largest absolute Gasteiger partial charge is 0.396 e. The summed E-state index contributed by atoms with van der Waals surface area (Å²) in [6, 6.07) is 0. The number of nitrogens with zero attached hydrogens (tertiary/aromatic N) is 2. The second-order valence-electron chi connectivity index (χ2n) is 4.03. The van der Waals surface area contributed by atoms with Gasteiger partial charge in [-0.3, -0.25) is 0 Å². The summed E-state index contributed by atoms with van der Waals surface area (Å²) in [7, 11) is 0. The van der Waals surface area contributed by atoms with Crippen molar-refractivity contribution in [3.63, 3.8) is 0 Å². The summed E-state index contributed by atoms with van der Waals surface area (Å²) in [5.41, 5.74) is 0.864. The van der Waals surface area contributed by atoms with Gasteiger partial charge in [-0.15, -0.1) is 0 Å². The number of aromatic nitrogens is 2. The first-order valence-electron chi connectivity index (χ1n) is 5.40. The highest BCUT2D eigenvalue weighted by Gasteiger charge is 2.08. The van der Waals surface area contributed by atoms with E-state index in [9.17, 15) is 0 Å². The topological polar surface area (TPSA) is 58.0 Å². The highest BCUT2D eigenvalue weighted by atomic mass is 35.5. The average molecular weight is 244 g/mol. The second kappa shape index (κ2) is 6.01. The van der Waals surface area contributed by atoms with Crippen LogP contribution in [0.25, 0.3) is 0 Å². The highest BCUT2D eigenvalue weighted by molar-refractivity contribution is 6.30. The molecule has 1 aromatic heterocycles. The molecule has 0 radical (unpaired) electrons. The van der Waals surface area contributed by atoms with Crippen LogP contribution >= 0.6 is 11.6 Å². The predicted octanol–water partition coefficient (Wildman–Crippen LogP) is 2.18. The van der Waals surface area contributed by atoms with Crippen LogP contribution < -0.4 is 5.32 Å². The van der Waals surface area contributed by atoms with E-state index in [0.717, 1.165) is 24.3 Å². The number of aryl methyl sites for hydroxylation is 1. The van der Waals surface area contributed by atoms with Crippen molar-refractivity contribution < 1.29 is 5.11 Å². The van der Waals surface area contributed by atoms with Crippen LogP contribution in [0.3, 0.4) is 0 Å². The minimum absolute atomic E-state index is 0.214. The number of hydrogen-bond donors (Lipinski definition) is 2. The van der Waals surface area contributed by atoms with Gasteiger partial charge in [-0.1, -0.05) is 18.5 Å². The number of halogens is 1. The van der Waals surface area contributed by atoms with Gasteiger partial charge in [0, 0.05) is 18.7 Å². The zero-order valence-electron chi connectivity index (χ0n) is 9.92. The fourth-order valence-electron chi connectivity index (χ4n) is 1.36. The molecule has 2 N–H and O–H groups in total. The average Bonchev–Trinajstić information content (AvgIpc) is 2.21. The van der Waals surface area contributed by atoms with E-state index in [1.165, 1.54) is 0 Å². The van der Waals surface area contributed by atoms with Gasteiger partial charge in [0.25, 0.3) is 0 Å². The van der Waals surface area contributed by atoms with Crippen LogP contribution in [0.15, 0.2) is 0 Å². The van der Waals surface area contributed by atoms with Crippen molar-refractivity contribution in [2.75, 3.05) is 18.5 Å². The summed E-state index contributed by atoms with van der Waals surface area (Å²) in [6.07, 6.45) is 0.782. The number of hydrogen-bond acceptors (Lipinski definition) is 4. The molecule has 0 aliphatic heterocycles. The predicted molar refractivity (Wildman–Crippen MR) is 65.9 cm³/mol. The maximum Gasteiger partial charge on any atom is 0.137 e. The van der Waals surface area contributed by atoms with E-state index in [-0.39, 0.29) is 6.61 Å². The summed E-state index contributed by atoms with van der Waals surface area (Å²) in [5.74, 6) is 1.84. The Kier molecular flexibility index (Phi) is 4.96. The Bertz CT molecular complexity index is 357. The molecular weight excluding hydrogens is 226 g/mol. The number of rotatable bonds is 5. The van der Waals surface area contributed by atoms with E-state index >= 15 is 0 Å². The molecule has 0 aromatic carbocycles. The molecule has 1 unspecified atom stereocenters. The molecule has 0 saturated carbocycles. The molecule has 0 saturated heterocycles. The van der Waals surface area contributed by atoms with E-state index in [0.29, 0.717) is 16.9 Å². The molecule has 4 nitrogen and oxygen atoms in total. The van der Waals surface area contributed by atoms with Crippen LogP contribution in [-0.2, 0) is 0 Å². The smallest absolute Gasteiger partial charge is 0.137 e. The number of aliphatic hydroxyl groups excluding tert-OH is 1. The molecule has 0 bridgehead atoms. The molecule has 90 valence electrons. The van der Waals surface area contributed by atoms with Crippen LogP contribution in [0.1, 0.15) is 24.7 Å². The third-order valence-electron chi connectivity index (χ3n) is 2.44. The zero-order chi connectivity index (χ0) is 12.1. The quantitative estimate of drug-likeness (QED) is 0.779. The Hall–Kier alpha value is -0.870. The third-order valence-corrected chi connectivity index (χ3v) is 2.81. The first kappa shape index (κ1) is 13.2. The molecule has 0 spiro atoms. The van der Waals surface area contributed by atoms with E-state index in [2.05, 4.69) is 22.2 Å². The summed E-state index contributed by atoms with van der Waals surface area (Å²) in [5, 5.41) is 12.5. The lowest BCUT2D eigenvalue weighted by Gasteiger charge is -2.14. The van der Waals surface area contributed by atoms with Gasteiger partial charge in [0.1, 0.15) is 16.8 Å². The van der Waals surface area contributed by atoms with Crippen LogP contribution in [0.2, 0.25) is 5.15 Å². The zero-order valence-corrected chi connectivity index (χ0v) is 10.7. The van der Waals surface area contributed by atoms with Gasteiger partial charge in [0.15, 0.2) is 0 Å². The van der Waals surface area contributed by atoms with Gasteiger partial charge >= 0.3 is 0 Å². The molecule has 16 heavy (non-hydrogen) atoms. The summed E-state index contributed by atoms with van der Waals surface area (Å²) >= 11 is 5.96. The van der Waals surface area contributed by atoms with Gasteiger partial charge in [0.2, 0.25) is 0 Å². The second-order valence-corrected chi connectivity index (χ2v) is 4.39. The van der Waals surface area contributed by atoms with Crippen LogP contribution in [0, 0.1) is 19.8 Å². The van der Waals surface area contributed by atoms with Crippen LogP contribution in [0.4, 0.5) is 5.82 Å². The molecule has 0 fully saturated rings. The van der Waals surface area contributed by atoms with Crippen molar-refractivity contribution in [3.8, 4) is 0 Å². The van der Waals surface area contributed by atoms with Gasteiger partial charge in [0.05, 0.1) is 0 Å². The molecule has 0 aliphatic rings. The maximum absolute atomic E-state index is 8.80. The van der Waals surface area contributed by atoms with Crippen molar-refractivity contribution in [2.24, 2.45) is 5.92 Å². The monoisotopic (exact) mass is 243 g/mol. The van der Waals surface area contributed by atoms with E-state index in [4.69, 9.17) is 16.7 Å². The molecule has 0 amide bonds. The Morgan fingerprint density at radius 1 is 1.38 bits per heavy atom. The summed E-state index contributed by atoms with van der Waals surface area (Å²) in [6.45, 7) is 6.77. The number of aliphatic hydroxyl groups is 1. The molecule has 1 rings (SSSR count).